The minimum absolute atomic E-state index is 0.428. The summed E-state index contributed by atoms with van der Waals surface area (Å²) in [5.41, 5.74) is -3.60. The zero-order valence-electron chi connectivity index (χ0n) is 30.0. The molecule has 2 heterocycles. The Balaban J connectivity index is 2.35. The van der Waals surface area contributed by atoms with E-state index in [4.69, 9.17) is 9.68 Å². The molecule has 0 aromatic carbocycles. The maximum absolute atomic E-state index is 13.5. The van der Waals surface area contributed by atoms with E-state index in [2.05, 4.69) is 79.4 Å². The van der Waals surface area contributed by atoms with Crippen molar-refractivity contribution in [1.29, 1.82) is 0 Å². The Bertz CT molecular complexity index is 822. The summed E-state index contributed by atoms with van der Waals surface area (Å²) in [4.78, 5) is 38.7. The molecule has 0 amide bonds. The summed E-state index contributed by atoms with van der Waals surface area (Å²) in [5.74, 6) is -3.47. The molecule has 0 aromatic rings. The molecule has 0 spiro atoms. The molecule has 0 aliphatic carbocycles. The highest BCUT2D eigenvalue weighted by atomic mass is 16.7. The molecule has 2 fully saturated rings. The van der Waals surface area contributed by atoms with E-state index >= 15 is 0 Å². The van der Waals surface area contributed by atoms with Gasteiger partial charge in [-0.2, -0.15) is 10.1 Å². The van der Waals surface area contributed by atoms with Crippen molar-refractivity contribution in [2.75, 3.05) is 13.2 Å². The molecule has 0 aromatic heterocycles. The molecule has 0 bridgehead atoms. The number of carbonyl (C=O) groups excluding carboxylic acids is 2. The topological polar surface area (TPSA) is 105 Å². The zero-order chi connectivity index (χ0) is 33.4. The van der Waals surface area contributed by atoms with E-state index < -0.39 is 57.8 Å². The molecule has 0 unspecified atom stereocenters. The van der Waals surface area contributed by atoms with Gasteiger partial charge in [0.05, 0.1) is 13.2 Å². The first-order valence-corrected chi connectivity index (χ1v) is 17.6. The third kappa shape index (κ3) is 9.65. The number of unbranched alkanes of at least 4 members (excludes halogenated alkanes) is 8. The fourth-order valence-corrected chi connectivity index (χ4v) is 8.94. The lowest BCUT2D eigenvalue weighted by Crippen LogP contribution is -2.68. The van der Waals surface area contributed by atoms with Crippen LogP contribution in [0.1, 0.15) is 166 Å². The molecule has 2 aliphatic rings. The van der Waals surface area contributed by atoms with Crippen LogP contribution in [-0.2, 0) is 19.3 Å². The predicted molar refractivity (Wildman–Crippen MR) is 172 cm³/mol. The fraction of sp³-hybridized carbons (Fsp3) is 0.944. The molecule has 8 heteroatoms. The number of carboxylic acid groups (broad SMARTS) is 2. The van der Waals surface area contributed by atoms with Gasteiger partial charge in [0, 0.05) is 39.5 Å². The minimum Gasteiger partial charge on any atom is -0.550 e. The van der Waals surface area contributed by atoms with Crippen molar-refractivity contribution < 1.29 is 29.5 Å². The molecular weight excluding hydrogens is 556 g/mol. The number of rotatable bonds is 19. The fourth-order valence-electron chi connectivity index (χ4n) is 8.94. The number of hydrogen-bond acceptors (Lipinski definition) is 8. The number of piperidine rings is 2. The second-order valence-corrected chi connectivity index (χ2v) is 16.4. The summed E-state index contributed by atoms with van der Waals surface area (Å²) in [6.45, 7) is 22.3. The van der Waals surface area contributed by atoms with E-state index in [1.54, 1.807) is 0 Å². The van der Waals surface area contributed by atoms with Gasteiger partial charge >= 0.3 is 0 Å². The number of aliphatic carboxylic acids is 2. The quantitative estimate of drug-likeness (QED) is 0.157. The van der Waals surface area contributed by atoms with Crippen molar-refractivity contribution in [3.8, 4) is 0 Å². The van der Waals surface area contributed by atoms with Crippen LogP contribution in [0.4, 0.5) is 0 Å². The van der Waals surface area contributed by atoms with Crippen LogP contribution in [0, 0.1) is 17.3 Å². The van der Waals surface area contributed by atoms with Gasteiger partial charge in [-0.3, -0.25) is 9.68 Å². The summed E-state index contributed by atoms with van der Waals surface area (Å²) < 4.78 is 0. The van der Waals surface area contributed by atoms with Gasteiger partial charge in [0.25, 0.3) is 0 Å². The summed E-state index contributed by atoms with van der Waals surface area (Å²) in [6.07, 6.45) is 12.8. The average Bonchev–Trinajstić information content (AvgIpc) is 2.87. The monoisotopic (exact) mass is 622 g/mol. The van der Waals surface area contributed by atoms with Gasteiger partial charge in [-0.05, 0) is 112 Å². The van der Waals surface area contributed by atoms with Crippen molar-refractivity contribution in [3.63, 3.8) is 0 Å². The van der Waals surface area contributed by atoms with Crippen molar-refractivity contribution in [3.05, 3.63) is 0 Å². The first-order chi connectivity index (χ1) is 20.4. The number of carbonyl (C=O) groups is 2. The van der Waals surface area contributed by atoms with Crippen LogP contribution in [0.2, 0.25) is 0 Å². The Kier molecular flexibility index (Phi) is 14.2. The van der Waals surface area contributed by atoms with Gasteiger partial charge in [0.2, 0.25) is 0 Å². The summed E-state index contributed by atoms with van der Waals surface area (Å²) >= 11 is 0. The van der Waals surface area contributed by atoms with Crippen LogP contribution in [-0.4, -0.2) is 57.4 Å². The molecule has 2 saturated heterocycles. The standard InChI is InChI=1S/C36H68N2O6/c1-11-13-15-17-19-21-43-37-32(3,4)23-28(24-33(37,5)6)36(31(41)42,27-30(39)40)29-25-34(7,8)38(35(9,10)26-29)44-22-20-18-16-14-12-2/h28-29H,11-27H2,1-10H3,(H,39,40)(H,41,42)/p-2. The third-order valence-corrected chi connectivity index (χ3v) is 10.4. The lowest BCUT2D eigenvalue weighted by molar-refractivity contribution is -0.349. The Hall–Kier alpha value is -1.22. The Morgan fingerprint density at radius 2 is 0.932 bits per heavy atom. The molecule has 0 atom stereocenters. The number of nitrogens with zero attached hydrogens (tertiary/aromatic N) is 2. The van der Waals surface area contributed by atoms with Crippen molar-refractivity contribution >= 4 is 11.9 Å². The summed E-state index contributed by atoms with van der Waals surface area (Å²) in [5, 5.41) is 30.0. The number of hydroxylamine groups is 4. The molecule has 258 valence electrons. The highest BCUT2D eigenvalue weighted by molar-refractivity contribution is 5.80. The lowest BCUT2D eigenvalue weighted by Gasteiger charge is -2.63. The van der Waals surface area contributed by atoms with Crippen LogP contribution in [0.3, 0.4) is 0 Å². The van der Waals surface area contributed by atoms with Crippen LogP contribution in [0.15, 0.2) is 0 Å². The molecule has 0 saturated carbocycles. The predicted octanol–water partition coefficient (Wildman–Crippen LogP) is 6.21. The zero-order valence-corrected chi connectivity index (χ0v) is 30.0. The van der Waals surface area contributed by atoms with Gasteiger partial charge in [-0.25, -0.2) is 0 Å². The van der Waals surface area contributed by atoms with Gasteiger partial charge in [-0.1, -0.05) is 65.2 Å². The Labute approximate surface area is 269 Å². The van der Waals surface area contributed by atoms with E-state index in [0.29, 0.717) is 38.9 Å². The van der Waals surface area contributed by atoms with Gasteiger partial charge in [0.1, 0.15) is 0 Å². The van der Waals surface area contributed by atoms with Crippen LogP contribution in [0.25, 0.3) is 0 Å². The van der Waals surface area contributed by atoms with Crippen LogP contribution < -0.4 is 10.2 Å². The second kappa shape index (κ2) is 16.1. The summed E-state index contributed by atoms with van der Waals surface area (Å²) in [6, 6.07) is 0. The van der Waals surface area contributed by atoms with E-state index in [-0.39, 0.29) is 0 Å². The SMILES string of the molecule is CCCCCCCON1C(C)(C)CC(C(CC(=O)[O-])(C(=O)[O-])C2CC(C)(C)N(OCCCCCCC)C(C)(C)C2)CC1(C)C. The van der Waals surface area contributed by atoms with Gasteiger partial charge in [0.15, 0.2) is 0 Å². The largest absolute Gasteiger partial charge is 0.550 e. The van der Waals surface area contributed by atoms with E-state index in [1.165, 1.54) is 38.5 Å². The first kappa shape index (κ1) is 39.0. The second-order valence-electron chi connectivity index (χ2n) is 16.4. The normalized spacial score (nSPS) is 22.7. The maximum atomic E-state index is 13.5. The van der Waals surface area contributed by atoms with Crippen LogP contribution in [0.5, 0.6) is 0 Å². The first-order valence-electron chi connectivity index (χ1n) is 17.6. The van der Waals surface area contributed by atoms with Crippen molar-refractivity contribution in [2.45, 2.75) is 188 Å². The number of carboxylic acids is 2. The smallest absolute Gasteiger partial charge is 0.0685 e. The van der Waals surface area contributed by atoms with Gasteiger partial charge in [-0.15, -0.1) is 0 Å². The molecule has 44 heavy (non-hydrogen) atoms. The lowest BCUT2D eigenvalue weighted by atomic mass is 9.53. The highest BCUT2D eigenvalue weighted by Crippen LogP contribution is 2.57. The summed E-state index contributed by atoms with van der Waals surface area (Å²) in [7, 11) is 0. The van der Waals surface area contributed by atoms with Crippen LogP contribution >= 0.6 is 0 Å². The maximum Gasteiger partial charge on any atom is 0.0685 e. The third-order valence-electron chi connectivity index (χ3n) is 10.4. The molecule has 8 nitrogen and oxygen atoms in total. The number of hydrogen-bond donors (Lipinski definition) is 0. The average molecular weight is 623 g/mol. The van der Waals surface area contributed by atoms with Gasteiger partial charge < -0.3 is 19.8 Å². The highest BCUT2D eigenvalue weighted by Gasteiger charge is 2.59. The Morgan fingerprint density at radius 1 is 0.614 bits per heavy atom. The molecule has 0 radical (unpaired) electrons. The molecule has 0 N–H and O–H groups in total. The Morgan fingerprint density at radius 3 is 1.20 bits per heavy atom. The van der Waals surface area contributed by atoms with Crippen molar-refractivity contribution in [2.24, 2.45) is 17.3 Å². The molecule has 2 rings (SSSR count). The van der Waals surface area contributed by atoms with E-state index in [0.717, 1.165) is 25.7 Å². The van der Waals surface area contributed by atoms with E-state index in [9.17, 15) is 19.8 Å². The van der Waals surface area contributed by atoms with Crippen molar-refractivity contribution in [1.82, 2.24) is 10.1 Å². The molecule has 2 aliphatic heterocycles. The minimum atomic E-state index is -1.58. The van der Waals surface area contributed by atoms with E-state index in [1.807, 2.05) is 0 Å². The molecular formula is C36H66N2O6-2.